The van der Waals surface area contributed by atoms with Gasteiger partial charge in [0.15, 0.2) is 0 Å². The predicted molar refractivity (Wildman–Crippen MR) is 62.4 cm³/mol. The van der Waals surface area contributed by atoms with E-state index in [0.717, 1.165) is 31.2 Å². The van der Waals surface area contributed by atoms with Crippen LogP contribution in [0.5, 0.6) is 5.88 Å². The van der Waals surface area contributed by atoms with Gasteiger partial charge < -0.3 is 9.84 Å². The van der Waals surface area contributed by atoms with Crippen molar-refractivity contribution < 1.29 is 9.84 Å². The first-order chi connectivity index (χ1) is 7.74. The van der Waals surface area contributed by atoms with Crippen LogP contribution in [0.3, 0.4) is 0 Å². The number of pyridine rings is 1. The molecule has 1 fully saturated rings. The number of hydrogen-bond acceptors (Lipinski definition) is 3. The summed E-state index contributed by atoms with van der Waals surface area (Å²) in [6.07, 6.45) is 6.88. The molecule has 3 nitrogen and oxygen atoms in total. The maximum Gasteiger partial charge on any atom is 0.213 e. The molecule has 2 rings (SSSR count). The second-order valence-corrected chi connectivity index (χ2v) is 4.41. The third-order valence-electron chi connectivity index (χ3n) is 3.25. The van der Waals surface area contributed by atoms with Crippen molar-refractivity contribution in [3.63, 3.8) is 0 Å². The van der Waals surface area contributed by atoms with Crippen LogP contribution in [0.4, 0.5) is 0 Å². The maximum absolute atomic E-state index is 10.5. The average Bonchev–Trinajstić information content (AvgIpc) is 2.31. The minimum Gasteiger partial charge on any atom is -0.478 e. The topological polar surface area (TPSA) is 42.4 Å². The van der Waals surface area contributed by atoms with E-state index in [1.165, 1.54) is 6.42 Å². The summed E-state index contributed by atoms with van der Waals surface area (Å²) >= 11 is 0. The standard InChI is InChI=1S/C13H19NO2/c1-2-16-12-7-6-11(10-14-12)13(15)8-4-3-5-9-13/h6-7,10,15H,2-5,8-9H2,1H3. The van der Waals surface area contributed by atoms with Gasteiger partial charge in [0.1, 0.15) is 0 Å². The van der Waals surface area contributed by atoms with Crippen LogP contribution in [0.15, 0.2) is 18.3 Å². The summed E-state index contributed by atoms with van der Waals surface area (Å²) in [6, 6.07) is 3.77. The Morgan fingerprint density at radius 2 is 2.06 bits per heavy atom. The number of aromatic nitrogens is 1. The zero-order valence-electron chi connectivity index (χ0n) is 9.78. The number of nitrogens with zero attached hydrogens (tertiary/aromatic N) is 1. The lowest BCUT2D eigenvalue weighted by Gasteiger charge is -2.32. The number of hydrogen-bond donors (Lipinski definition) is 1. The van der Waals surface area contributed by atoms with Crippen molar-refractivity contribution in [3.05, 3.63) is 23.9 Å². The van der Waals surface area contributed by atoms with E-state index in [1.54, 1.807) is 6.20 Å². The molecule has 0 unspecified atom stereocenters. The largest absolute Gasteiger partial charge is 0.478 e. The van der Waals surface area contributed by atoms with Crippen LogP contribution in [0.25, 0.3) is 0 Å². The summed E-state index contributed by atoms with van der Waals surface area (Å²) < 4.78 is 5.29. The summed E-state index contributed by atoms with van der Waals surface area (Å²) in [4.78, 5) is 4.21. The lowest BCUT2D eigenvalue weighted by molar-refractivity contribution is -0.000990. The van der Waals surface area contributed by atoms with Gasteiger partial charge in [-0.15, -0.1) is 0 Å². The van der Waals surface area contributed by atoms with Gasteiger partial charge in [0.2, 0.25) is 5.88 Å². The summed E-state index contributed by atoms with van der Waals surface area (Å²) in [5, 5.41) is 10.5. The third kappa shape index (κ3) is 2.35. The molecule has 0 spiro atoms. The molecule has 3 heteroatoms. The highest BCUT2D eigenvalue weighted by atomic mass is 16.5. The van der Waals surface area contributed by atoms with E-state index < -0.39 is 5.60 Å². The quantitative estimate of drug-likeness (QED) is 0.853. The van der Waals surface area contributed by atoms with Crippen molar-refractivity contribution in [2.45, 2.75) is 44.6 Å². The molecule has 0 aliphatic heterocycles. The Hall–Kier alpha value is -1.09. The Bertz CT molecular complexity index is 328. The Morgan fingerprint density at radius 1 is 1.31 bits per heavy atom. The van der Waals surface area contributed by atoms with Gasteiger partial charge in [0.05, 0.1) is 12.2 Å². The van der Waals surface area contributed by atoms with Crippen LogP contribution in [-0.4, -0.2) is 16.7 Å². The summed E-state index contributed by atoms with van der Waals surface area (Å²) in [5.41, 5.74) is 0.270. The number of ether oxygens (including phenoxy) is 1. The first-order valence-corrected chi connectivity index (χ1v) is 6.06. The Labute approximate surface area is 96.5 Å². The van der Waals surface area contributed by atoms with Crippen molar-refractivity contribution in [1.82, 2.24) is 4.98 Å². The lowest BCUT2D eigenvalue weighted by Crippen LogP contribution is -2.28. The molecule has 0 amide bonds. The summed E-state index contributed by atoms with van der Waals surface area (Å²) in [6.45, 7) is 2.56. The van der Waals surface area contributed by atoms with Gasteiger partial charge in [-0.25, -0.2) is 4.98 Å². The molecule has 1 N–H and O–H groups in total. The van der Waals surface area contributed by atoms with E-state index in [2.05, 4.69) is 4.98 Å². The van der Waals surface area contributed by atoms with Crippen LogP contribution in [0, 0.1) is 0 Å². The molecule has 0 radical (unpaired) electrons. The first kappa shape index (κ1) is 11.4. The molecule has 0 atom stereocenters. The number of rotatable bonds is 3. The van der Waals surface area contributed by atoms with E-state index in [9.17, 15) is 5.11 Å². The van der Waals surface area contributed by atoms with Gasteiger partial charge in [-0.05, 0) is 25.8 Å². The SMILES string of the molecule is CCOc1ccc(C2(O)CCCCC2)cn1. The summed E-state index contributed by atoms with van der Waals surface area (Å²) in [7, 11) is 0. The molecule has 1 saturated carbocycles. The fraction of sp³-hybridized carbons (Fsp3) is 0.615. The number of aliphatic hydroxyl groups is 1. The third-order valence-corrected chi connectivity index (χ3v) is 3.25. The minimum atomic E-state index is -0.657. The van der Waals surface area contributed by atoms with Crippen LogP contribution in [0.2, 0.25) is 0 Å². The molecule has 88 valence electrons. The second-order valence-electron chi connectivity index (χ2n) is 4.41. The molecule has 16 heavy (non-hydrogen) atoms. The van der Waals surface area contributed by atoms with Crippen molar-refractivity contribution >= 4 is 0 Å². The Kier molecular flexibility index (Phi) is 3.44. The smallest absolute Gasteiger partial charge is 0.213 e. The highest BCUT2D eigenvalue weighted by Gasteiger charge is 2.31. The maximum atomic E-state index is 10.5. The van der Waals surface area contributed by atoms with Gasteiger partial charge in [-0.3, -0.25) is 0 Å². The van der Waals surface area contributed by atoms with Gasteiger partial charge >= 0.3 is 0 Å². The van der Waals surface area contributed by atoms with Crippen molar-refractivity contribution in [2.75, 3.05) is 6.61 Å². The molecule has 1 aromatic rings. The minimum absolute atomic E-state index is 0.622. The Balaban J connectivity index is 2.13. The lowest BCUT2D eigenvalue weighted by atomic mass is 9.80. The van der Waals surface area contributed by atoms with Crippen LogP contribution < -0.4 is 4.74 Å². The molecule has 1 aliphatic carbocycles. The van der Waals surface area contributed by atoms with Gasteiger partial charge in [-0.1, -0.05) is 19.3 Å². The van der Waals surface area contributed by atoms with Crippen LogP contribution in [0.1, 0.15) is 44.6 Å². The summed E-state index contributed by atoms with van der Waals surface area (Å²) in [5.74, 6) is 0.630. The normalized spacial score (nSPS) is 19.4. The highest BCUT2D eigenvalue weighted by molar-refractivity contribution is 5.23. The van der Waals surface area contributed by atoms with E-state index in [4.69, 9.17) is 4.74 Å². The molecule has 1 aromatic heterocycles. The molecular formula is C13H19NO2. The van der Waals surface area contributed by atoms with Gasteiger partial charge in [0, 0.05) is 17.8 Å². The molecular weight excluding hydrogens is 202 g/mol. The zero-order valence-corrected chi connectivity index (χ0v) is 9.78. The predicted octanol–water partition coefficient (Wildman–Crippen LogP) is 2.63. The monoisotopic (exact) mass is 221 g/mol. The fourth-order valence-electron chi connectivity index (χ4n) is 2.31. The van der Waals surface area contributed by atoms with Crippen molar-refractivity contribution in [1.29, 1.82) is 0 Å². The average molecular weight is 221 g/mol. The molecule has 0 saturated heterocycles. The van der Waals surface area contributed by atoms with Crippen LogP contribution >= 0.6 is 0 Å². The zero-order chi connectivity index (χ0) is 11.4. The highest BCUT2D eigenvalue weighted by Crippen LogP contribution is 2.36. The van der Waals surface area contributed by atoms with Crippen LogP contribution in [-0.2, 0) is 5.60 Å². The van der Waals surface area contributed by atoms with E-state index in [1.807, 2.05) is 19.1 Å². The molecule has 0 bridgehead atoms. The van der Waals surface area contributed by atoms with Crippen molar-refractivity contribution in [3.8, 4) is 5.88 Å². The molecule has 1 aliphatic rings. The van der Waals surface area contributed by atoms with Gasteiger partial charge in [0.25, 0.3) is 0 Å². The molecule has 0 aromatic carbocycles. The van der Waals surface area contributed by atoms with Gasteiger partial charge in [-0.2, -0.15) is 0 Å². The second kappa shape index (κ2) is 4.83. The van der Waals surface area contributed by atoms with Crippen molar-refractivity contribution in [2.24, 2.45) is 0 Å². The first-order valence-electron chi connectivity index (χ1n) is 6.06. The fourth-order valence-corrected chi connectivity index (χ4v) is 2.31. The van der Waals surface area contributed by atoms with E-state index >= 15 is 0 Å². The molecule has 1 heterocycles. The van der Waals surface area contributed by atoms with E-state index in [0.29, 0.717) is 12.5 Å². The Morgan fingerprint density at radius 3 is 2.62 bits per heavy atom. The van der Waals surface area contributed by atoms with E-state index in [-0.39, 0.29) is 0 Å².